The molecule has 1 heterocycles. The molecule has 0 bridgehead atoms. The number of carbonyl (C=O) groups is 2. The van der Waals surface area contributed by atoms with Crippen LogP contribution in [-0.2, 0) is 4.79 Å². The standard InChI is InChI=1S/C20H29ClN2O5/c1-4-26-16-13-15(14-17(27-5-2)19(16)28-6-3)20(25)23-11-9-22(10-12-23)18(24)7-8-21/h13-14H,4-12H2,1-3H3. The average molecular weight is 413 g/mol. The van der Waals surface area contributed by atoms with Crippen LogP contribution in [0.25, 0.3) is 0 Å². The monoisotopic (exact) mass is 412 g/mol. The fourth-order valence-electron chi connectivity index (χ4n) is 3.09. The third-order valence-corrected chi connectivity index (χ3v) is 4.57. The van der Waals surface area contributed by atoms with Gasteiger partial charge in [0, 0.05) is 44.0 Å². The molecule has 0 unspecified atom stereocenters. The minimum atomic E-state index is -0.116. The Morgan fingerprint density at radius 3 is 1.86 bits per heavy atom. The Morgan fingerprint density at radius 2 is 1.39 bits per heavy atom. The molecule has 1 aliphatic rings. The smallest absolute Gasteiger partial charge is 0.254 e. The van der Waals surface area contributed by atoms with Gasteiger partial charge in [0.2, 0.25) is 11.7 Å². The third kappa shape index (κ3) is 5.44. The summed E-state index contributed by atoms with van der Waals surface area (Å²) < 4.78 is 17.1. The van der Waals surface area contributed by atoms with Crippen molar-refractivity contribution >= 4 is 23.4 Å². The number of nitrogens with zero attached hydrogens (tertiary/aromatic N) is 2. The first kappa shape index (κ1) is 22.1. The van der Waals surface area contributed by atoms with Crippen molar-refractivity contribution in [2.75, 3.05) is 51.9 Å². The van der Waals surface area contributed by atoms with E-state index in [2.05, 4.69) is 0 Å². The lowest BCUT2D eigenvalue weighted by atomic mass is 10.1. The van der Waals surface area contributed by atoms with E-state index in [1.165, 1.54) is 0 Å². The minimum absolute atomic E-state index is 0.0282. The lowest BCUT2D eigenvalue weighted by Gasteiger charge is -2.35. The van der Waals surface area contributed by atoms with Crippen LogP contribution in [0.5, 0.6) is 17.2 Å². The maximum atomic E-state index is 13.0. The summed E-state index contributed by atoms with van der Waals surface area (Å²) in [5.41, 5.74) is 0.482. The summed E-state index contributed by atoms with van der Waals surface area (Å²) >= 11 is 5.64. The summed E-state index contributed by atoms with van der Waals surface area (Å²) in [6, 6.07) is 3.40. The van der Waals surface area contributed by atoms with Crippen LogP contribution >= 0.6 is 11.6 Å². The Balaban J connectivity index is 2.19. The highest BCUT2D eigenvalue weighted by molar-refractivity contribution is 6.18. The van der Waals surface area contributed by atoms with Gasteiger partial charge in [-0.15, -0.1) is 11.6 Å². The van der Waals surface area contributed by atoms with Crippen LogP contribution < -0.4 is 14.2 Å². The Hall–Kier alpha value is -2.15. The van der Waals surface area contributed by atoms with E-state index in [0.29, 0.717) is 81.1 Å². The molecule has 1 aliphatic heterocycles. The van der Waals surface area contributed by atoms with E-state index in [0.717, 1.165) is 0 Å². The molecule has 1 aromatic rings. The summed E-state index contributed by atoms with van der Waals surface area (Å²) in [5, 5.41) is 0. The lowest BCUT2D eigenvalue weighted by Crippen LogP contribution is -2.50. The van der Waals surface area contributed by atoms with E-state index in [1.54, 1.807) is 21.9 Å². The molecule has 1 aromatic carbocycles. The van der Waals surface area contributed by atoms with Gasteiger partial charge in [0.1, 0.15) is 0 Å². The van der Waals surface area contributed by atoms with E-state index >= 15 is 0 Å². The van der Waals surface area contributed by atoms with Gasteiger partial charge in [-0.25, -0.2) is 0 Å². The van der Waals surface area contributed by atoms with Crippen molar-refractivity contribution in [3.05, 3.63) is 17.7 Å². The highest BCUT2D eigenvalue weighted by atomic mass is 35.5. The predicted molar refractivity (Wildman–Crippen MR) is 108 cm³/mol. The number of hydrogen-bond donors (Lipinski definition) is 0. The molecule has 0 aliphatic carbocycles. The SMILES string of the molecule is CCOc1cc(C(=O)N2CCN(C(=O)CCCl)CC2)cc(OCC)c1OCC. The van der Waals surface area contributed by atoms with Gasteiger partial charge in [-0.3, -0.25) is 9.59 Å². The second-order valence-electron chi connectivity index (χ2n) is 6.21. The first-order valence-corrected chi connectivity index (χ1v) is 10.3. The number of rotatable bonds is 9. The highest BCUT2D eigenvalue weighted by Crippen LogP contribution is 2.39. The summed E-state index contributed by atoms with van der Waals surface area (Å²) in [6.07, 6.45) is 0.323. The van der Waals surface area contributed by atoms with Crippen LogP contribution in [0.3, 0.4) is 0 Å². The van der Waals surface area contributed by atoms with Crippen molar-refractivity contribution in [2.24, 2.45) is 0 Å². The number of amides is 2. The van der Waals surface area contributed by atoms with E-state index < -0.39 is 0 Å². The molecule has 0 radical (unpaired) electrons. The molecule has 7 nitrogen and oxygen atoms in total. The van der Waals surface area contributed by atoms with Gasteiger partial charge in [0.05, 0.1) is 19.8 Å². The van der Waals surface area contributed by atoms with Crippen LogP contribution in [0, 0.1) is 0 Å². The molecular weight excluding hydrogens is 384 g/mol. The maximum absolute atomic E-state index is 13.0. The van der Waals surface area contributed by atoms with Crippen molar-refractivity contribution in [3.8, 4) is 17.2 Å². The number of ether oxygens (including phenoxy) is 3. The zero-order valence-corrected chi connectivity index (χ0v) is 17.6. The van der Waals surface area contributed by atoms with Crippen molar-refractivity contribution in [3.63, 3.8) is 0 Å². The van der Waals surface area contributed by atoms with Crippen molar-refractivity contribution in [1.82, 2.24) is 9.80 Å². The topological polar surface area (TPSA) is 68.3 Å². The van der Waals surface area contributed by atoms with Crippen LogP contribution in [0.1, 0.15) is 37.6 Å². The first-order chi connectivity index (χ1) is 13.5. The summed E-state index contributed by atoms with van der Waals surface area (Å²) in [4.78, 5) is 28.5. The molecule has 1 fully saturated rings. The predicted octanol–water partition coefficient (Wildman–Crippen LogP) is 2.80. The van der Waals surface area contributed by atoms with Gasteiger partial charge in [-0.05, 0) is 32.9 Å². The zero-order chi connectivity index (χ0) is 20.5. The second-order valence-corrected chi connectivity index (χ2v) is 6.59. The number of piperazine rings is 1. The van der Waals surface area contributed by atoms with Crippen molar-refractivity contribution < 1.29 is 23.8 Å². The molecule has 1 saturated heterocycles. The van der Waals surface area contributed by atoms with Gasteiger partial charge in [-0.1, -0.05) is 0 Å². The Kier molecular flexibility index (Phi) is 8.70. The molecule has 28 heavy (non-hydrogen) atoms. The number of hydrogen-bond acceptors (Lipinski definition) is 5. The molecule has 0 spiro atoms. The van der Waals surface area contributed by atoms with Gasteiger partial charge in [0.15, 0.2) is 11.5 Å². The molecule has 2 amide bonds. The Morgan fingerprint density at radius 1 is 0.893 bits per heavy atom. The van der Waals surface area contributed by atoms with Gasteiger partial charge < -0.3 is 24.0 Å². The molecule has 2 rings (SSSR count). The Labute approximate surface area is 171 Å². The first-order valence-electron chi connectivity index (χ1n) is 9.75. The normalized spacial score (nSPS) is 14.0. The largest absolute Gasteiger partial charge is 0.490 e. The quantitative estimate of drug-likeness (QED) is 0.583. The van der Waals surface area contributed by atoms with E-state index in [1.807, 2.05) is 20.8 Å². The number of alkyl halides is 1. The fourth-order valence-corrected chi connectivity index (χ4v) is 3.25. The third-order valence-electron chi connectivity index (χ3n) is 4.38. The van der Waals surface area contributed by atoms with Gasteiger partial charge in [-0.2, -0.15) is 0 Å². The van der Waals surface area contributed by atoms with Crippen molar-refractivity contribution in [1.29, 1.82) is 0 Å². The number of halogens is 1. The lowest BCUT2D eigenvalue weighted by molar-refractivity contribution is -0.132. The highest BCUT2D eigenvalue weighted by Gasteiger charge is 2.26. The van der Waals surface area contributed by atoms with Gasteiger partial charge in [0.25, 0.3) is 5.91 Å². The Bertz CT molecular complexity index is 648. The number of carbonyl (C=O) groups excluding carboxylic acids is 2. The summed E-state index contributed by atoms with van der Waals surface area (Å²) in [5.74, 6) is 1.73. The summed E-state index contributed by atoms with van der Waals surface area (Å²) in [6.45, 7) is 8.98. The van der Waals surface area contributed by atoms with Gasteiger partial charge >= 0.3 is 0 Å². The molecule has 156 valence electrons. The molecule has 0 N–H and O–H groups in total. The van der Waals surface area contributed by atoms with Crippen LogP contribution in [0.2, 0.25) is 0 Å². The summed E-state index contributed by atoms with van der Waals surface area (Å²) in [7, 11) is 0. The average Bonchev–Trinajstić information content (AvgIpc) is 2.70. The molecular formula is C20H29ClN2O5. The number of benzene rings is 1. The maximum Gasteiger partial charge on any atom is 0.254 e. The minimum Gasteiger partial charge on any atom is -0.490 e. The molecule has 8 heteroatoms. The molecule has 0 saturated carbocycles. The van der Waals surface area contributed by atoms with E-state index in [4.69, 9.17) is 25.8 Å². The van der Waals surface area contributed by atoms with Crippen molar-refractivity contribution in [2.45, 2.75) is 27.2 Å². The molecule has 0 aromatic heterocycles. The van der Waals surface area contributed by atoms with Crippen LogP contribution in [0.4, 0.5) is 0 Å². The second kappa shape index (κ2) is 11.0. The van der Waals surface area contributed by atoms with Crippen LogP contribution in [0.15, 0.2) is 12.1 Å². The zero-order valence-electron chi connectivity index (χ0n) is 16.8. The van der Waals surface area contributed by atoms with E-state index in [9.17, 15) is 9.59 Å². The molecule has 0 atom stereocenters. The fraction of sp³-hybridized carbons (Fsp3) is 0.600. The van der Waals surface area contributed by atoms with E-state index in [-0.39, 0.29) is 11.8 Å². The van der Waals surface area contributed by atoms with Crippen LogP contribution in [-0.4, -0.2) is 73.5 Å².